The second-order valence-corrected chi connectivity index (χ2v) is 8.21. The predicted molar refractivity (Wildman–Crippen MR) is 115 cm³/mol. The molecule has 0 saturated carbocycles. The van der Waals surface area contributed by atoms with E-state index in [9.17, 15) is 18.5 Å². The molecule has 3 rings (SSSR count). The van der Waals surface area contributed by atoms with E-state index in [1.807, 2.05) is 30.3 Å². The Labute approximate surface area is 175 Å². The molecule has 0 saturated heterocycles. The fourth-order valence-corrected chi connectivity index (χ4v) is 4.27. The highest BCUT2D eigenvalue weighted by Gasteiger charge is 2.25. The summed E-state index contributed by atoms with van der Waals surface area (Å²) in [5.41, 5.74) is 1.12. The van der Waals surface area contributed by atoms with Gasteiger partial charge in [0.2, 0.25) is 0 Å². The number of hydrogen-bond acceptors (Lipinski definition) is 5. The van der Waals surface area contributed by atoms with E-state index in [1.165, 1.54) is 24.3 Å². The predicted octanol–water partition coefficient (Wildman–Crippen LogP) is 4.56. The van der Waals surface area contributed by atoms with Crippen molar-refractivity contribution in [3.8, 4) is 5.75 Å². The molecule has 0 aromatic heterocycles. The first kappa shape index (κ1) is 21.1. The van der Waals surface area contributed by atoms with Gasteiger partial charge in [-0.25, -0.2) is 8.42 Å². The van der Waals surface area contributed by atoms with Crippen LogP contribution in [0.25, 0.3) is 0 Å². The number of hydrogen-bond donors (Lipinski definition) is 0. The first-order chi connectivity index (χ1) is 14.4. The molecule has 154 valence electrons. The molecular formula is C22H20N2O5S. The Kier molecular flexibility index (Phi) is 6.48. The van der Waals surface area contributed by atoms with Crippen LogP contribution in [-0.4, -0.2) is 19.9 Å². The van der Waals surface area contributed by atoms with Gasteiger partial charge in [0.25, 0.3) is 15.7 Å². The summed E-state index contributed by atoms with van der Waals surface area (Å²) in [5, 5.41) is 11.0. The first-order valence-electron chi connectivity index (χ1n) is 9.06. The quantitative estimate of drug-likeness (QED) is 0.285. The average Bonchev–Trinajstić information content (AvgIpc) is 2.77. The maximum Gasteiger partial charge on any atom is 0.270 e. The van der Waals surface area contributed by atoms with Gasteiger partial charge in [-0.2, -0.15) is 0 Å². The summed E-state index contributed by atoms with van der Waals surface area (Å²) in [5.74, 6) is 0.592. The molecule has 7 nitrogen and oxygen atoms in total. The van der Waals surface area contributed by atoms with Gasteiger partial charge in [-0.05, 0) is 35.9 Å². The normalized spacial score (nSPS) is 10.9. The highest BCUT2D eigenvalue weighted by molar-refractivity contribution is 7.92. The van der Waals surface area contributed by atoms with Crippen LogP contribution in [0.3, 0.4) is 0 Å². The molecule has 0 unspecified atom stereocenters. The van der Waals surface area contributed by atoms with Gasteiger partial charge in [-0.1, -0.05) is 42.5 Å². The Bertz CT molecular complexity index is 1130. The fraction of sp³-hybridized carbons (Fsp3) is 0.0909. The molecule has 0 fully saturated rings. The van der Waals surface area contributed by atoms with Crippen LogP contribution in [0.4, 0.5) is 11.4 Å². The zero-order valence-electron chi connectivity index (χ0n) is 16.0. The smallest absolute Gasteiger partial charge is 0.270 e. The van der Waals surface area contributed by atoms with E-state index < -0.39 is 14.9 Å². The highest BCUT2D eigenvalue weighted by Crippen LogP contribution is 2.27. The lowest BCUT2D eigenvalue weighted by molar-refractivity contribution is -0.385. The first-order valence-corrected chi connectivity index (χ1v) is 10.5. The van der Waals surface area contributed by atoms with Crippen LogP contribution in [0.15, 0.2) is 96.4 Å². The van der Waals surface area contributed by atoms with Crippen LogP contribution in [0.5, 0.6) is 5.75 Å². The zero-order valence-corrected chi connectivity index (χ0v) is 16.9. The Morgan fingerprint density at radius 3 is 2.33 bits per heavy atom. The summed E-state index contributed by atoms with van der Waals surface area (Å²) >= 11 is 0. The van der Waals surface area contributed by atoms with E-state index in [0.717, 1.165) is 15.9 Å². The summed E-state index contributed by atoms with van der Waals surface area (Å²) in [7, 11) is -4.02. The van der Waals surface area contributed by atoms with Crippen molar-refractivity contribution in [1.29, 1.82) is 0 Å². The molecule has 0 N–H and O–H groups in total. The second-order valence-electron chi connectivity index (χ2n) is 6.35. The van der Waals surface area contributed by atoms with Crippen LogP contribution in [-0.2, 0) is 16.6 Å². The number of nitro benzene ring substituents is 1. The molecule has 0 aliphatic rings. The van der Waals surface area contributed by atoms with Crippen LogP contribution >= 0.6 is 0 Å². The number of non-ortho nitro benzene ring substituents is 1. The van der Waals surface area contributed by atoms with Crippen molar-refractivity contribution in [2.75, 3.05) is 10.8 Å². The molecule has 0 radical (unpaired) electrons. The third kappa shape index (κ3) is 4.84. The molecular weight excluding hydrogens is 404 g/mol. The average molecular weight is 424 g/mol. The largest absolute Gasteiger partial charge is 0.489 e. The van der Waals surface area contributed by atoms with Gasteiger partial charge in [0, 0.05) is 12.1 Å². The van der Waals surface area contributed by atoms with Crippen molar-refractivity contribution in [3.63, 3.8) is 0 Å². The Morgan fingerprint density at radius 1 is 1.00 bits per heavy atom. The number of benzene rings is 3. The van der Waals surface area contributed by atoms with Gasteiger partial charge >= 0.3 is 0 Å². The molecule has 0 aliphatic heterocycles. The van der Waals surface area contributed by atoms with Gasteiger partial charge in [0.1, 0.15) is 12.4 Å². The summed E-state index contributed by atoms with van der Waals surface area (Å²) in [6.45, 7) is 4.02. The highest BCUT2D eigenvalue weighted by atomic mass is 32.2. The van der Waals surface area contributed by atoms with Gasteiger partial charge in [0.05, 0.1) is 22.1 Å². The van der Waals surface area contributed by atoms with E-state index in [1.54, 1.807) is 24.3 Å². The third-order valence-corrected chi connectivity index (χ3v) is 6.07. The van der Waals surface area contributed by atoms with E-state index in [0.29, 0.717) is 18.0 Å². The molecule has 3 aromatic carbocycles. The van der Waals surface area contributed by atoms with Crippen LogP contribution < -0.4 is 9.04 Å². The summed E-state index contributed by atoms with van der Waals surface area (Å²) < 4.78 is 33.1. The van der Waals surface area contributed by atoms with E-state index in [4.69, 9.17) is 4.74 Å². The summed E-state index contributed by atoms with van der Waals surface area (Å²) in [6, 6.07) is 21.2. The summed E-state index contributed by atoms with van der Waals surface area (Å²) in [4.78, 5) is 10.2. The lowest BCUT2D eigenvalue weighted by atomic mass is 10.2. The fourth-order valence-electron chi connectivity index (χ4n) is 2.79. The molecule has 0 amide bonds. The van der Waals surface area contributed by atoms with Crippen LogP contribution in [0.1, 0.15) is 5.56 Å². The Hall–Kier alpha value is -3.65. The molecule has 0 bridgehead atoms. The van der Waals surface area contributed by atoms with Crippen molar-refractivity contribution in [2.45, 2.75) is 11.5 Å². The van der Waals surface area contributed by atoms with E-state index in [2.05, 4.69) is 6.58 Å². The second kappa shape index (κ2) is 9.23. The third-order valence-electron chi connectivity index (χ3n) is 4.28. The van der Waals surface area contributed by atoms with E-state index >= 15 is 0 Å². The SMILES string of the molecule is C=CCN(c1ccc(OCc2ccccc2)cc1)S(=O)(=O)c1cccc([N+](=O)[O-])c1. The minimum Gasteiger partial charge on any atom is -0.489 e. The maximum absolute atomic E-state index is 13.1. The number of ether oxygens (including phenoxy) is 1. The van der Waals surface area contributed by atoms with Crippen molar-refractivity contribution in [3.05, 3.63) is 107 Å². The minimum atomic E-state index is -4.02. The molecule has 0 heterocycles. The van der Waals surface area contributed by atoms with Gasteiger partial charge in [-0.15, -0.1) is 6.58 Å². The standard InChI is InChI=1S/C22H20N2O5S/c1-2-15-23(30(27,28)22-10-6-9-20(16-22)24(25)26)19-11-13-21(14-12-19)29-17-18-7-4-3-5-8-18/h2-14,16H,1,15,17H2. The molecule has 0 spiro atoms. The number of nitrogens with zero attached hydrogens (tertiary/aromatic N) is 2. The van der Waals surface area contributed by atoms with Crippen LogP contribution in [0, 0.1) is 10.1 Å². The number of sulfonamides is 1. The monoisotopic (exact) mass is 424 g/mol. The van der Waals surface area contributed by atoms with Crippen molar-refractivity contribution < 1.29 is 18.1 Å². The minimum absolute atomic E-state index is 0.00917. The van der Waals surface area contributed by atoms with E-state index in [-0.39, 0.29) is 17.1 Å². The van der Waals surface area contributed by atoms with Gasteiger partial charge in [-0.3, -0.25) is 14.4 Å². The number of rotatable bonds is 9. The lowest BCUT2D eigenvalue weighted by Crippen LogP contribution is -2.31. The molecule has 0 aliphatic carbocycles. The van der Waals surface area contributed by atoms with Crippen molar-refractivity contribution in [2.24, 2.45) is 0 Å². The molecule has 30 heavy (non-hydrogen) atoms. The lowest BCUT2D eigenvalue weighted by Gasteiger charge is -2.23. The van der Waals surface area contributed by atoms with Gasteiger partial charge < -0.3 is 4.74 Å². The topological polar surface area (TPSA) is 89.8 Å². The molecule has 3 aromatic rings. The molecule has 8 heteroatoms. The Morgan fingerprint density at radius 2 is 1.70 bits per heavy atom. The number of nitro groups is 1. The van der Waals surface area contributed by atoms with Crippen LogP contribution in [0.2, 0.25) is 0 Å². The zero-order chi connectivity index (χ0) is 21.6. The van der Waals surface area contributed by atoms with Gasteiger partial charge in [0.15, 0.2) is 0 Å². The Balaban J connectivity index is 1.84. The summed E-state index contributed by atoms with van der Waals surface area (Å²) in [6.07, 6.45) is 1.45. The maximum atomic E-state index is 13.1. The number of anilines is 1. The van der Waals surface area contributed by atoms with Crippen molar-refractivity contribution >= 4 is 21.4 Å². The van der Waals surface area contributed by atoms with Crippen molar-refractivity contribution in [1.82, 2.24) is 0 Å². The molecule has 0 atom stereocenters.